The zero-order valence-electron chi connectivity index (χ0n) is 28.9. The summed E-state index contributed by atoms with van der Waals surface area (Å²) in [6, 6.07) is 0. The Kier molecular flexibility index (Phi) is 8.26. The molecule has 0 N–H and O–H groups in total. The molecule has 8 heterocycles. The van der Waals surface area contributed by atoms with Crippen molar-refractivity contribution < 1.29 is 56.4 Å². The van der Waals surface area contributed by atoms with Crippen molar-refractivity contribution in [3.63, 3.8) is 0 Å². The van der Waals surface area contributed by atoms with Crippen LogP contribution in [-0.4, -0.2) is 81.1 Å². The van der Waals surface area contributed by atoms with Crippen LogP contribution in [0.15, 0.2) is 0 Å². The van der Waals surface area contributed by atoms with Crippen molar-refractivity contribution in [2.24, 2.45) is 47.3 Å². The third kappa shape index (κ3) is 5.15. The van der Waals surface area contributed by atoms with E-state index in [9.17, 15) is 8.42 Å². The first-order valence-electron chi connectivity index (χ1n) is 18.0. The van der Waals surface area contributed by atoms with Gasteiger partial charge in [-0.3, -0.25) is 0 Å². The average molecular weight is 687 g/mol. The number of sulfone groups is 1. The Hall–Kier alpha value is -0.450. The minimum absolute atomic E-state index is 0.0667. The Bertz CT molecular complexity index is 1230. The second-order valence-electron chi connectivity index (χ2n) is 16.7. The maximum atomic E-state index is 13.1. The van der Waals surface area contributed by atoms with Gasteiger partial charge in [0.15, 0.2) is 46.2 Å². The van der Waals surface area contributed by atoms with Gasteiger partial charge in [-0.2, -0.15) is 0 Å². The second kappa shape index (κ2) is 11.5. The summed E-state index contributed by atoms with van der Waals surface area (Å²) in [5.41, 5.74) is -1.42. The van der Waals surface area contributed by atoms with Crippen LogP contribution >= 0.6 is 0 Å². The summed E-state index contributed by atoms with van der Waals surface area (Å²) in [5, 5.41) is -0.925. The summed E-state index contributed by atoms with van der Waals surface area (Å²) >= 11 is 0. The van der Waals surface area contributed by atoms with E-state index in [0.717, 1.165) is 51.4 Å². The summed E-state index contributed by atoms with van der Waals surface area (Å²) in [5.74, 6) is -0.391. The fourth-order valence-corrected chi connectivity index (χ4v) is 11.5. The second-order valence-corrected chi connectivity index (χ2v) is 19.0. The molecule has 0 unspecified atom stereocenters. The van der Waals surface area contributed by atoms with Crippen LogP contribution < -0.4 is 0 Å². The standard InChI is InChI=1S/C34H54O12S/c1-18-8-10-25-20(3)27(39-29-33(25)23(18)12-14-31(5,41-29)43-45-33)37-16-22(47(7,35)36)17-38-28-21(4)26-11-9-19(2)24-13-15-32(6)42-30(40-28)34(24,26)46-44-32/h18-30H,8-17H2,1-7H3/t18-,19-,20-,21-,23+,24+,25+,26+,27+,28+,29-,30-,31-,32-,33-,34-/m1/s1. The molecule has 10 aliphatic rings. The molecule has 8 aliphatic heterocycles. The van der Waals surface area contributed by atoms with Crippen LogP contribution in [0.5, 0.6) is 0 Å². The van der Waals surface area contributed by atoms with Gasteiger partial charge in [0.1, 0.15) is 5.25 Å². The van der Waals surface area contributed by atoms with Gasteiger partial charge in [0.25, 0.3) is 0 Å². The summed E-state index contributed by atoms with van der Waals surface area (Å²) in [6.07, 6.45) is 5.88. The topological polar surface area (TPSA) is 126 Å². The third-order valence-electron chi connectivity index (χ3n) is 13.7. The molecule has 13 heteroatoms. The molecule has 47 heavy (non-hydrogen) atoms. The van der Waals surface area contributed by atoms with Gasteiger partial charge in [0.05, 0.1) is 13.2 Å². The largest absolute Gasteiger partial charge is 0.351 e. The maximum Gasteiger partial charge on any atom is 0.201 e. The van der Waals surface area contributed by atoms with E-state index in [1.165, 1.54) is 6.26 Å². The predicted molar refractivity (Wildman–Crippen MR) is 164 cm³/mol. The molecular weight excluding hydrogens is 632 g/mol. The van der Waals surface area contributed by atoms with E-state index in [1.807, 2.05) is 13.8 Å². The lowest BCUT2D eigenvalue weighted by atomic mass is 9.58. The molecule has 2 aliphatic carbocycles. The van der Waals surface area contributed by atoms with Crippen molar-refractivity contribution >= 4 is 9.84 Å². The number of ether oxygens (including phenoxy) is 6. The molecule has 12 nitrogen and oxygen atoms in total. The number of fused-ring (bicyclic) bond motifs is 4. The zero-order chi connectivity index (χ0) is 33.1. The fourth-order valence-electron chi connectivity index (χ4n) is 10.8. The van der Waals surface area contributed by atoms with Gasteiger partial charge in [-0.05, 0) is 76.0 Å². The van der Waals surface area contributed by atoms with Crippen molar-refractivity contribution in [3.8, 4) is 0 Å². The summed E-state index contributed by atoms with van der Waals surface area (Å²) in [7, 11) is -3.56. The molecule has 0 aromatic heterocycles. The molecule has 10 fully saturated rings. The predicted octanol–water partition coefficient (Wildman–Crippen LogP) is 4.85. The summed E-state index contributed by atoms with van der Waals surface area (Å²) in [6.45, 7) is 12.4. The maximum absolute atomic E-state index is 13.1. The lowest BCUT2D eigenvalue weighted by Gasteiger charge is -2.60. The zero-order valence-corrected chi connectivity index (χ0v) is 29.7. The minimum Gasteiger partial charge on any atom is -0.351 e. The molecule has 0 aromatic rings. The van der Waals surface area contributed by atoms with E-state index in [1.54, 1.807) is 0 Å². The number of hydrogen-bond acceptors (Lipinski definition) is 12. The molecular formula is C34H54O12S. The van der Waals surface area contributed by atoms with Gasteiger partial charge in [0.2, 0.25) is 11.6 Å². The first-order chi connectivity index (χ1) is 22.2. The highest BCUT2D eigenvalue weighted by atomic mass is 32.2. The SMILES string of the molecule is C[C@H]1[C@@H](OCC(CO[C@H]2O[C@@H]3O[C@@]4(C)CC[C@H]5[C@H](C)CC[C@@H]([C@H]2C)[C@@]35OO4)S(C)(=O)=O)O[C@@H]2O[C@@]3(C)CC[C@H]4[C@H](C)CC[C@@H]1[C@@]24OO3. The molecule has 2 spiro atoms. The number of rotatable bonds is 7. The Morgan fingerprint density at radius 2 is 1.06 bits per heavy atom. The van der Waals surface area contributed by atoms with Crippen molar-refractivity contribution in [3.05, 3.63) is 0 Å². The van der Waals surface area contributed by atoms with Crippen LogP contribution in [0.3, 0.4) is 0 Å². The quantitative estimate of drug-likeness (QED) is 0.340. The van der Waals surface area contributed by atoms with Crippen molar-refractivity contribution in [1.82, 2.24) is 0 Å². The van der Waals surface area contributed by atoms with Gasteiger partial charge in [-0.1, -0.05) is 27.7 Å². The van der Waals surface area contributed by atoms with Gasteiger partial charge < -0.3 is 28.4 Å². The van der Waals surface area contributed by atoms with E-state index in [2.05, 4.69) is 27.7 Å². The average Bonchev–Trinajstić information content (AvgIpc) is 3.38. The van der Waals surface area contributed by atoms with Crippen LogP contribution in [0.4, 0.5) is 0 Å². The van der Waals surface area contributed by atoms with Crippen LogP contribution in [0.1, 0.15) is 92.9 Å². The normalized spacial score (nSPS) is 55.8. The highest BCUT2D eigenvalue weighted by molar-refractivity contribution is 7.91. The molecule has 2 saturated carbocycles. The van der Waals surface area contributed by atoms with E-state index in [0.29, 0.717) is 11.8 Å². The molecule has 16 atom stereocenters. The van der Waals surface area contributed by atoms with Gasteiger partial charge in [-0.15, -0.1) is 0 Å². The smallest absolute Gasteiger partial charge is 0.201 e. The van der Waals surface area contributed by atoms with E-state index >= 15 is 0 Å². The Balaban J connectivity index is 0.969. The van der Waals surface area contributed by atoms with E-state index in [-0.39, 0.29) is 48.7 Å². The fraction of sp³-hybridized carbons (Fsp3) is 1.00. The lowest BCUT2D eigenvalue weighted by Crippen LogP contribution is -2.70. The monoisotopic (exact) mass is 686 g/mol. The van der Waals surface area contributed by atoms with Gasteiger partial charge >= 0.3 is 0 Å². The Morgan fingerprint density at radius 1 is 0.638 bits per heavy atom. The Morgan fingerprint density at radius 3 is 1.47 bits per heavy atom. The molecule has 0 amide bonds. The molecule has 268 valence electrons. The van der Waals surface area contributed by atoms with Crippen LogP contribution in [0.2, 0.25) is 0 Å². The van der Waals surface area contributed by atoms with Crippen molar-refractivity contribution in [2.45, 2.75) is 146 Å². The van der Waals surface area contributed by atoms with Crippen molar-refractivity contribution in [2.75, 3.05) is 19.5 Å². The van der Waals surface area contributed by atoms with Crippen LogP contribution in [0.25, 0.3) is 0 Å². The molecule has 8 saturated heterocycles. The third-order valence-corrected chi connectivity index (χ3v) is 15.2. The van der Waals surface area contributed by atoms with Gasteiger partial charge in [0, 0.05) is 42.8 Å². The van der Waals surface area contributed by atoms with Crippen LogP contribution in [-0.2, 0) is 57.8 Å². The first kappa shape index (κ1) is 33.7. The first-order valence-corrected chi connectivity index (χ1v) is 20.0. The highest BCUT2D eigenvalue weighted by Crippen LogP contribution is 2.62. The van der Waals surface area contributed by atoms with Gasteiger partial charge in [-0.25, -0.2) is 28.0 Å². The molecule has 0 aromatic carbocycles. The van der Waals surface area contributed by atoms with Crippen molar-refractivity contribution in [1.29, 1.82) is 0 Å². The Labute approximate surface area is 278 Å². The highest BCUT2D eigenvalue weighted by Gasteiger charge is 2.71. The van der Waals surface area contributed by atoms with Crippen LogP contribution in [0, 0.1) is 47.3 Å². The molecule has 4 bridgehead atoms. The minimum atomic E-state index is -3.56. The van der Waals surface area contributed by atoms with E-state index in [4.69, 9.17) is 48.0 Å². The lowest BCUT2D eigenvalue weighted by molar-refractivity contribution is -0.577. The molecule has 0 radical (unpaired) electrons. The van der Waals surface area contributed by atoms with E-state index < -0.39 is 63.0 Å². The summed E-state index contributed by atoms with van der Waals surface area (Å²) in [4.78, 5) is 24.3. The number of hydrogen-bond donors (Lipinski definition) is 0. The molecule has 10 rings (SSSR count). The summed E-state index contributed by atoms with van der Waals surface area (Å²) < 4.78 is 65.0.